The highest BCUT2D eigenvalue weighted by Gasteiger charge is 2.40. The van der Waals surface area contributed by atoms with Crippen LogP contribution in [0.25, 0.3) is 0 Å². The predicted octanol–water partition coefficient (Wildman–Crippen LogP) is 5.99. The first-order valence-corrected chi connectivity index (χ1v) is 11.7. The van der Waals surface area contributed by atoms with Gasteiger partial charge in [-0.3, -0.25) is 0 Å². The molecule has 0 unspecified atom stereocenters. The van der Waals surface area contributed by atoms with Crippen molar-refractivity contribution in [3.63, 3.8) is 0 Å². The number of amides is 1. The van der Waals surface area contributed by atoms with Crippen LogP contribution in [-0.2, 0) is 27.4 Å². The Balaban J connectivity index is 1.66. The molecule has 0 bridgehead atoms. The number of carbonyl (C=O) groups excluding carboxylic acids is 1. The lowest BCUT2D eigenvalue weighted by Crippen LogP contribution is -2.42. The van der Waals surface area contributed by atoms with Gasteiger partial charge in [0, 0.05) is 18.5 Å². The molecule has 1 fully saturated rings. The number of ether oxygens (including phenoxy) is 3. The maximum atomic E-state index is 12.9. The van der Waals surface area contributed by atoms with E-state index < -0.39 is 5.60 Å². The quantitative estimate of drug-likeness (QED) is 0.416. The lowest BCUT2D eigenvalue weighted by atomic mass is 10.1. The molecule has 2 aromatic carbocycles. The van der Waals surface area contributed by atoms with Gasteiger partial charge < -0.3 is 19.1 Å². The maximum absolute atomic E-state index is 12.9. The average Bonchev–Trinajstić information content (AvgIpc) is 3.18. The van der Waals surface area contributed by atoms with Gasteiger partial charge in [0.1, 0.15) is 5.60 Å². The summed E-state index contributed by atoms with van der Waals surface area (Å²) in [5.41, 5.74) is 1.74. The Hall–Kier alpha value is -2.63. The summed E-state index contributed by atoms with van der Waals surface area (Å²) in [7, 11) is 0. The molecule has 5 nitrogen and oxygen atoms in total. The van der Waals surface area contributed by atoms with E-state index in [2.05, 4.69) is 30.8 Å². The van der Waals surface area contributed by atoms with Crippen molar-refractivity contribution < 1.29 is 19.0 Å². The molecule has 0 radical (unpaired) electrons. The molecular formula is C28H37NO4. The SMILES string of the molecule is C=CCN(C(=O)OC(C)(C)C)[C@@H]1C[C@H](COCc2ccccc2)[C@@H](OCc2ccccc2)C1. The zero-order valence-electron chi connectivity index (χ0n) is 20.1. The molecule has 3 atom stereocenters. The van der Waals surface area contributed by atoms with E-state index in [0.29, 0.717) is 26.4 Å². The Morgan fingerprint density at radius 3 is 2.18 bits per heavy atom. The lowest BCUT2D eigenvalue weighted by Gasteiger charge is -2.31. The number of hydrogen-bond donors (Lipinski definition) is 0. The van der Waals surface area contributed by atoms with Gasteiger partial charge in [-0.2, -0.15) is 0 Å². The molecule has 5 heteroatoms. The number of hydrogen-bond acceptors (Lipinski definition) is 4. The summed E-state index contributed by atoms with van der Waals surface area (Å²) in [6.07, 6.45) is 3.00. The van der Waals surface area contributed by atoms with Crippen molar-refractivity contribution in [2.24, 2.45) is 5.92 Å². The van der Waals surface area contributed by atoms with Crippen LogP contribution in [0.2, 0.25) is 0 Å². The Bertz CT molecular complexity index is 862. The molecule has 2 aromatic rings. The first kappa shape index (κ1) is 25.0. The van der Waals surface area contributed by atoms with Crippen molar-refractivity contribution >= 4 is 6.09 Å². The highest BCUT2D eigenvalue weighted by atomic mass is 16.6. The molecule has 0 N–H and O–H groups in total. The molecule has 0 aromatic heterocycles. The minimum Gasteiger partial charge on any atom is -0.444 e. The average molecular weight is 452 g/mol. The van der Waals surface area contributed by atoms with Crippen LogP contribution in [-0.4, -0.2) is 41.9 Å². The summed E-state index contributed by atoms with van der Waals surface area (Å²) in [4.78, 5) is 14.7. The van der Waals surface area contributed by atoms with E-state index in [1.54, 1.807) is 11.0 Å². The molecule has 3 rings (SSSR count). The normalized spacial score (nSPS) is 20.4. The van der Waals surface area contributed by atoms with Crippen LogP contribution in [0, 0.1) is 5.92 Å². The molecule has 0 heterocycles. The molecular weight excluding hydrogens is 414 g/mol. The zero-order chi connectivity index (χ0) is 23.7. The molecule has 1 aliphatic rings. The van der Waals surface area contributed by atoms with E-state index in [1.165, 1.54) is 0 Å². The van der Waals surface area contributed by atoms with Gasteiger partial charge in [-0.15, -0.1) is 6.58 Å². The Morgan fingerprint density at radius 2 is 1.61 bits per heavy atom. The number of nitrogens with zero attached hydrogens (tertiary/aromatic N) is 1. The second-order valence-corrected chi connectivity index (χ2v) is 9.64. The minimum atomic E-state index is -0.545. The van der Waals surface area contributed by atoms with Crippen molar-refractivity contribution in [1.82, 2.24) is 4.90 Å². The number of rotatable bonds is 10. The molecule has 1 aliphatic carbocycles. The van der Waals surface area contributed by atoms with Gasteiger partial charge in [-0.25, -0.2) is 4.79 Å². The first-order chi connectivity index (χ1) is 15.9. The van der Waals surface area contributed by atoms with Gasteiger partial charge in [0.2, 0.25) is 0 Å². The van der Waals surface area contributed by atoms with Crippen molar-refractivity contribution in [3.8, 4) is 0 Å². The van der Waals surface area contributed by atoms with E-state index in [0.717, 1.165) is 24.0 Å². The molecule has 0 aliphatic heterocycles. The summed E-state index contributed by atoms with van der Waals surface area (Å²) in [5, 5.41) is 0. The minimum absolute atomic E-state index is 0.000677. The Labute approximate surface area is 198 Å². The van der Waals surface area contributed by atoms with E-state index in [4.69, 9.17) is 14.2 Å². The van der Waals surface area contributed by atoms with Gasteiger partial charge >= 0.3 is 6.09 Å². The van der Waals surface area contributed by atoms with Crippen LogP contribution in [0.3, 0.4) is 0 Å². The maximum Gasteiger partial charge on any atom is 0.410 e. The van der Waals surface area contributed by atoms with Crippen LogP contribution in [0.15, 0.2) is 73.3 Å². The van der Waals surface area contributed by atoms with E-state index in [9.17, 15) is 4.79 Å². The van der Waals surface area contributed by atoms with Crippen molar-refractivity contribution in [2.45, 2.75) is 64.6 Å². The van der Waals surface area contributed by atoms with Gasteiger partial charge in [0.05, 0.1) is 25.9 Å². The van der Waals surface area contributed by atoms with Crippen molar-refractivity contribution in [3.05, 3.63) is 84.4 Å². The van der Waals surface area contributed by atoms with Crippen LogP contribution in [0.4, 0.5) is 4.79 Å². The molecule has 0 saturated heterocycles. The van der Waals surface area contributed by atoms with E-state index in [-0.39, 0.29) is 24.2 Å². The molecule has 33 heavy (non-hydrogen) atoms. The van der Waals surface area contributed by atoms with Crippen molar-refractivity contribution in [2.75, 3.05) is 13.2 Å². The van der Waals surface area contributed by atoms with Crippen LogP contribution < -0.4 is 0 Å². The highest BCUT2D eigenvalue weighted by molar-refractivity contribution is 5.68. The van der Waals surface area contributed by atoms with Gasteiger partial charge in [-0.05, 0) is 44.7 Å². The van der Waals surface area contributed by atoms with Crippen molar-refractivity contribution in [1.29, 1.82) is 0 Å². The first-order valence-electron chi connectivity index (χ1n) is 11.7. The van der Waals surface area contributed by atoms with Gasteiger partial charge in [-0.1, -0.05) is 66.7 Å². The summed E-state index contributed by atoms with van der Waals surface area (Å²) in [5.74, 6) is 0.192. The smallest absolute Gasteiger partial charge is 0.410 e. The third-order valence-corrected chi connectivity index (χ3v) is 5.75. The van der Waals surface area contributed by atoms with Gasteiger partial charge in [0.25, 0.3) is 0 Å². The van der Waals surface area contributed by atoms with Crippen LogP contribution in [0.5, 0.6) is 0 Å². The van der Waals surface area contributed by atoms with E-state index >= 15 is 0 Å². The largest absolute Gasteiger partial charge is 0.444 e. The second-order valence-electron chi connectivity index (χ2n) is 9.64. The summed E-state index contributed by atoms with van der Waals surface area (Å²) < 4.78 is 18.1. The Morgan fingerprint density at radius 1 is 1.00 bits per heavy atom. The zero-order valence-corrected chi connectivity index (χ0v) is 20.1. The fourth-order valence-electron chi connectivity index (χ4n) is 4.20. The fourth-order valence-corrected chi connectivity index (χ4v) is 4.20. The molecule has 1 amide bonds. The Kier molecular flexibility index (Phi) is 9.10. The molecule has 178 valence electrons. The summed E-state index contributed by atoms with van der Waals surface area (Å²) >= 11 is 0. The summed E-state index contributed by atoms with van der Waals surface area (Å²) in [6, 6.07) is 20.4. The lowest BCUT2D eigenvalue weighted by molar-refractivity contribution is -0.0195. The fraction of sp³-hybridized carbons (Fsp3) is 0.464. The van der Waals surface area contributed by atoms with Crippen LogP contribution in [0.1, 0.15) is 44.7 Å². The molecule has 1 saturated carbocycles. The monoisotopic (exact) mass is 451 g/mol. The van der Waals surface area contributed by atoms with E-state index in [1.807, 2.05) is 57.2 Å². The summed E-state index contributed by atoms with van der Waals surface area (Å²) in [6.45, 7) is 11.6. The standard InChI is InChI=1S/C28H37NO4/c1-5-16-29(27(30)33-28(2,3)4)25-17-24(21-31-19-22-12-8-6-9-13-22)26(18-25)32-20-23-14-10-7-11-15-23/h5-15,24-26H,1,16-21H2,2-4H3/t24-,25-,26+/m1/s1. The molecule has 0 spiro atoms. The third-order valence-electron chi connectivity index (χ3n) is 5.75. The highest BCUT2D eigenvalue weighted by Crippen LogP contribution is 2.34. The predicted molar refractivity (Wildman–Crippen MR) is 131 cm³/mol. The third kappa shape index (κ3) is 8.02. The number of carbonyl (C=O) groups is 1. The van der Waals surface area contributed by atoms with Crippen LogP contribution >= 0.6 is 0 Å². The second kappa shape index (κ2) is 12.0. The van der Waals surface area contributed by atoms with Gasteiger partial charge in [0.15, 0.2) is 0 Å². The topological polar surface area (TPSA) is 48.0 Å². The number of benzene rings is 2.